The molecule has 0 unspecified atom stereocenters. The second kappa shape index (κ2) is 7.92. The molecule has 9 heteroatoms. The van der Waals surface area contributed by atoms with Gasteiger partial charge in [0.1, 0.15) is 5.54 Å². The number of carbonyl (C=O) groups is 3. The average molecular weight is 434 g/mol. The second-order valence-corrected chi connectivity index (χ2v) is 8.06. The van der Waals surface area contributed by atoms with E-state index < -0.39 is 23.5 Å². The maximum Gasteiger partial charge on any atom is 0.312 e. The molecule has 0 aliphatic carbocycles. The first-order valence-corrected chi connectivity index (χ1v) is 10.1. The van der Waals surface area contributed by atoms with Gasteiger partial charge in [0.15, 0.2) is 6.10 Å². The normalized spacial score (nSPS) is 15.6. The van der Waals surface area contributed by atoms with Gasteiger partial charge in [-0.05, 0) is 39.0 Å². The number of para-hydroxylation sites is 2. The van der Waals surface area contributed by atoms with E-state index in [4.69, 9.17) is 4.74 Å². The molecule has 32 heavy (non-hydrogen) atoms. The summed E-state index contributed by atoms with van der Waals surface area (Å²) in [6.07, 6.45) is -1.37. The minimum Gasteiger partial charge on any atom is -0.452 e. The van der Waals surface area contributed by atoms with E-state index in [2.05, 4.69) is 15.5 Å². The minimum atomic E-state index is -1.18. The molecule has 164 valence electrons. The van der Waals surface area contributed by atoms with E-state index >= 15 is 0 Å². The number of ether oxygens (including phenoxy) is 1. The highest BCUT2D eigenvalue weighted by Crippen LogP contribution is 2.37. The molecule has 9 nitrogen and oxygen atoms in total. The number of aromatic amines is 1. The van der Waals surface area contributed by atoms with E-state index in [9.17, 15) is 19.2 Å². The van der Waals surface area contributed by atoms with Gasteiger partial charge in [0.05, 0.1) is 28.9 Å². The lowest BCUT2D eigenvalue weighted by Gasteiger charge is -2.42. The van der Waals surface area contributed by atoms with Crippen molar-refractivity contribution in [3.05, 3.63) is 64.6 Å². The van der Waals surface area contributed by atoms with Crippen LogP contribution in [0.4, 0.5) is 11.4 Å². The third kappa shape index (κ3) is 3.62. The molecular weight excluding hydrogens is 412 g/mol. The summed E-state index contributed by atoms with van der Waals surface area (Å²) in [6.45, 7) is 4.71. The summed E-state index contributed by atoms with van der Waals surface area (Å²) in [5.41, 5.74) is -0.160. The number of hydrogen-bond acceptors (Lipinski definition) is 6. The van der Waals surface area contributed by atoms with Crippen molar-refractivity contribution in [1.82, 2.24) is 10.2 Å². The number of aromatic nitrogens is 2. The predicted molar refractivity (Wildman–Crippen MR) is 118 cm³/mol. The van der Waals surface area contributed by atoms with Crippen LogP contribution in [0, 0.1) is 0 Å². The Kier molecular flexibility index (Phi) is 5.25. The van der Waals surface area contributed by atoms with Crippen LogP contribution >= 0.6 is 0 Å². The van der Waals surface area contributed by atoms with Gasteiger partial charge in [-0.3, -0.25) is 24.1 Å². The van der Waals surface area contributed by atoms with Crippen molar-refractivity contribution in [1.29, 1.82) is 0 Å². The molecule has 0 saturated carbocycles. The molecular formula is C23H22N4O5. The summed E-state index contributed by atoms with van der Waals surface area (Å²) in [5.74, 6) is -1.54. The maximum atomic E-state index is 13.3. The predicted octanol–water partition coefficient (Wildman–Crippen LogP) is 2.16. The molecule has 2 aromatic carbocycles. The second-order valence-electron chi connectivity index (χ2n) is 8.06. The molecule has 4 rings (SSSR count). The van der Waals surface area contributed by atoms with E-state index in [1.807, 2.05) is 0 Å². The number of hydrogen-bond donors (Lipinski definition) is 2. The Bertz CT molecular complexity index is 1300. The molecule has 2 heterocycles. The third-order valence-electron chi connectivity index (χ3n) is 5.47. The van der Waals surface area contributed by atoms with Crippen LogP contribution in [0.1, 0.15) is 26.5 Å². The lowest BCUT2D eigenvalue weighted by Crippen LogP contribution is -2.60. The fourth-order valence-electron chi connectivity index (χ4n) is 3.76. The summed E-state index contributed by atoms with van der Waals surface area (Å²) in [5, 5.41) is 10.1. The minimum absolute atomic E-state index is 0.227. The summed E-state index contributed by atoms with van der Waals surface area (Å²) >= 11 is 0. The molecule has 2 amide bonds. The summed E-state index contributed by atoms with van der Waals surface area (Å²) in [4.78, 5) is 51.7. The zero-order valence-electron chi connectivity index (χ0n) is 17.8. The Morgan fingerprint density at radius 1 is 1.06 bits per heavy atom. The first kappa shape index (κ1) is 21.2. The highest BCUT2D eigenvalue weighted by molar-refractivity contribution is 6.15. The number of fused-ring (bicyclic) bond motifs is 2. The zero-order valence-corrected chi connectivity index (χ0v) is 17.8. The molecule has 1 atom stereocenters. The van der Waals surface area contributed by atoms with Crippen LogP contribution < -0.4 is 15.8 Å². The Labute approximate surface area is 183 Å². The van der Waals surface area contributed by atoms with Gasteiger partial charge in [-0.15, -0.1) is 0 Å². The average Bonchev–Trinajstić information content (AvgIpc) is 2.76. The van der Waals surface area contributed by atoms with Gasteiger partial charge >= 0.3 is 5.97 Å². The molecule has 2 N–H and O–H groups in total. The van der Waals surface area contributed by atoms with E-state index in [-0.39, 0.29) is 17.9 Å². The lowest BCUT2D eigenvalue weighted by atomic mass is 9.95. The Hall–Kier alpha value is -4.01. The number of nitrogens with one attached hydrogen (secondary N) is 2. The monoisotopic (exact) mass is 434 g/mol. The summed E-state index contributed by atoms with van der Waals surface area (Å²) in [6, 6.07) is 13.7. The van der Waals surface area contributed by atoms with Crippen LogP contribution in [-0.2, 0) is 25.5 Å². The Morgan fingerprint density at radius 3 is 2.47 bits per heavy atom. The number of benzene rings is 2. The van der Waals surface area contributed by atoms with Gasteiger partial charge < -0.3 is 10.1 Å². The fraction of sp³-hybridized carbons (Fsp3) is 0.261. The van der Waals surface area contributed by atoms with Gasteiger partial charge in [0, 0.05) is 5.39 Å². The lowest BCUT2D eigenvalue weighted by molar-refractivity contribution is -0.153. The van der Waals surface area contributed by atoms with Crippen LogP contribution in [0.25, 0.3) is 10.8 Å². The quantitative estimate of drug-likeness (QED) is 0.607. The SMILES string of the molecule is C[C@H](OC(=O)Cc1n[nH]c(=O)c2ccccc12)C(=O)N1c2ccccc2NC(=O)C1(C)C. The molecule has 0 spiro atoms. The number of nitrogens with zero attached hydrogens (tertiary/aromatic N) is 2. The molecule has 0 fully saturated rings. The third-order valence-corrected chi connectivity index (χ3v) is 5.47. The molecule has 1 aliphatic rings. The smallest absolute Gasteiger partial charge is 0.312 e. The number of H-pyrrole nitrogens is 1. The molecule has 0 saturated heterocycles. The van der Waals surface area contributed by atoms with Crippen LogP contribution in [0.15, 0.2) is 53.3 Å². The number of esters is 1. The van der Waals surface area contributed by atoms with E-state index in [1.54, 1.807) is 62.4 Å². The van der Waals surface area contributed by atoms with E-state index in [1.165, 1.54) is 11.8 Å². The van der Waals surface area contributed by atoms with Gasteiger partial charge in [-0.25, -0.2) is 5.10 Å². The zero-order chi connectivity index (χ0) is 23.0. The van der Waals surface area contributed by atoms with E-state index in [0.29, 0.717) is 27.8 Å². The number of amides is 2. The molecule has 1 aliphatic heterocycles. The van der Waals surface area contributed by atoms with Crippen molar-refractivity contribution in [2.24, 2.45) is 0 Å². The van der Waals surface area contributed by atoms with Gasteiger partial charge in [0.25, 0.3) is 11.5 Å². The molecule has 0 bridgehead atoms. The standard InChI is InChI=1S/C23H22N4O5/c1-13(21(30)27-18-11-7-6-10-16(18)24-22(31)23(27,2)3)32-19(28)12-17-14-8-4-5-9-15(14)20(29)26-25-17/h4-11,13H,12H2,1-3H3,(H,24,31)(H,26,29)/t13-/m0/s1. The van der Waals surface area contributed by atoms with Gasteiger partial charge in [-0.2, -0.15) is 5.10 Å². The van der Waals surface area contributed by atoms with Crippen molar-refractivity contribution < 1.29 is 19.1 Å². The number of rotatable bonds is 4. The van der Waals surface area contributed by atoms with Gasteiger partial charge in [0.2, 0.25) is 5.91 Å². The molecule has 0 radical (unpaired) electrons. The van der Waals surface area contributed by atoms with E-state index in [0.717, 1.165) is 0 Å². The van der Waals surface area contributed by atoms with Crippen LogP contribution in [-0.4, -0.2) is 39.6 Å². The number of carbonyl (C=O) groups excluding carboxylic acids is 3. The van der Waals surface area contributed by atoms with Crippen LogP contribution in [0.2, 0.25) is 0 Å². The fourth-order valence-corrected chi connectivity index (χ4v) is 3.76. The Morgan fingerprint density at radius 2 is 1.72 bits per heavy atom. The Balaban J connectivity index is 1.56. The maximum absolute atomic E-state index is 13.3. The highest BCUT2D eigenvalue weighted by atomic mass is 16.5. The van der Waals surface area contributed by atoms with Crippen LogP contribution in [0.5, 0.6) is 0 Å². The topological polar surface area (TPSA) is 121 Å². The largest absolute Gasteiger partial charge is 0.452 e. The summed E-state index contributed by atoms with van der Waals surface area (Å²) < 4.78 is 5.40. The molecule has 1 aromatic heterocycles. The molecule has 3 aromatic rings. The van der Waals surface area contributed by atoms with Crippen molar-refractivity contribution in [2.45, 2.75) is 38.8 Å². The first-order chi connectivity index (χ1) is 15.2. The first-order valence-electron chi connectivity index (χ1n) is 10.1. The summed E-state index contributed by atoms with van der Waals surface area (Å²) in [7, 11) is 0. The number of anilines is 2. The highest BCUT2D eigenvalue weighted by Gasteiger charge is 2.45. The van der Waals surface area contributed by atoms with Crippen molar-refractivity contribution in [3.63, 3.8) is 0 Å². The van der Waals surface area contributed by atoms with Crippen molar-refractivity contribution in [2.75, 3.05) is 10.2 Å². The van der Waals surface area contributed by atoms with Crippen LogP contribution in [0.3, 0.4) is 0 Å². The van der Waals surface area contributed by atoms with Gasteiger partial charge in [-0.1, -0.05) is 30.3 Å². The van der Waals surface area contributed by atoms with Crippen molar-refractivity contribution >= 4 is 39.9 Å². The van der Waals surface area contributed by atoms with Crippen molar-refractivity contribution in [3.8, 4) is 0 Å².